The topological polar surface area (TPSA) is 134 Å². The fourth-order valence-corrected chi connectivity index (χ4v) is 5.99. The Hall–Kier alpha value is -0.990. The lowest BCUT2D eigenvalue weighted by Crippen LogP contribution is -2.29. The number of carbonyl (C=O) groups excluding carboxylic acids is 2. The number of esters is 2. The second-order valence-corrected chi connectivity index (χ2v) is 13.9. The smallest absolute Gasteiger partial charge is 0.462 e. The molecule has 0 radical (unpaired) electrons. The van der Waals surface area contributed by atoms with Crippen molar-refractivity contribution < 1.29 is 37.6 Å². The van der Waals surface area contributed by atoms with Crippen LogP contribution < -0.4 is 5.73 Å². The van der Waals surface area contributed by atoms with Gasteiger partial charge < -0.3 is 20.1 Å². The number of phosphoric ester groups is 1. The van der Waals surface area contributed by atoms with Crippen molar-refractivity contribution in [3.05, 3.63) is 0 Å². The molecule has 0 aromatic carbocycles. The van der Waals surface area contributed by atoms with E-state index in [0.29, 0.717) is 6.42 Å². The number of unbranched alkanes of at least 4 members (excludes halogenated alkanes) is 22. The molecule has 0 aliphatic heterocycles. The van der Waals surface area contributed by atoms with Gasteiger partial charge in [0.2, 0.25) is 0 Å². The van der Waals surface area contributed by atoms with Crippen molar-refractivity contribution in [3.8, 4) is 0 Å². The van der Waals surface area contributed by atoms with E-state index in [1.165, 1.54) is 116 Å². The van der Waals surface area contributed by atoms with Crippen LogP contribution in [0, 0.1) is 0 Å². The summed E-state index contributed by atoms with van der Waals surface area (Å²) >= 11 is 0. The third kappa shape index (κ3) is 32.7. The summed E-state index contributed by atoms with van der Waals surface area (Å²) in [6.07, 6.45) is 28.4. The third-order valence-electron chi connectivity index (χ3n) is 7.99. The van der Waals surface area contributed by atoms with Gasteiger partial charge in [0.05, 0.1) is 13.2 Å². The van der Waals surface area contributed by atoms with Crippen LogP contribution in [0.4, 0.5) is 0 Å². The van der Waals surface area contributed by atoms with Crippen LogP contribution in [-0.2, 0) is 32.7 Å². The van der Waals surface area contributed by atoms with Crippen LogP contribution in [0.25, 0.3) is 0 Å². The van der Waals surface area contributed by atoms with Crippen LogP contribution in [-0.4, -0.2) is 49.3 Å². The first-order valence-electron chi connectivity index (χ1n) is 18.5. The Labute approximate surface area is 276 Å². The van der Waals surface area contributed by atoms with E-state index in [-0.39, 0.29) is 38.6 Å². The molecular weight excluding hydrogens is 593 g/mol. The highest BCUT2D eigenvalue weighted by Gasteiger charge is 2.25. The van der Waals surface area contributed by atoms with Gasteiger partial charge in [-0.15, -0.1) is 0 Å². The zero-order valence-corrected chi connectivity index (χ0v) is 30.0. The number of rotatable bonds is 35. The second-order valence-electron chi connectivity index (χ2n) is 12.5. The summed E-state index contributed by atoms with van der Waals surface area (Å²) in [7, 11) is -4.36. The van der Waals surface area contributed by atoms with Crippen LogP contribution in [0.1, 0.15) is 181 Å². The van der Waals surface area contributed by atoms with Gasteiger partial charge in [0.1, 0.15) is 6.61 Å². The molecule has 0 saturated carbocycles. The Bertz CT molecular complexity index is 724. The lowest BCUT2D eigenvalue weighted by Gasteiger charge is -2.19. The molecule has 0 aromatic rings. The Kier molecular flexibility index (Phi) is 32.2. The highest BCUT2D eigenvalue weighted by molar-refractivity contribution is 7.47. The summed E-state index contributed by atoms with van der Waals surface area (Å²) in [5, 5.41) is 0. The van der Waals surface area contributed by atoms with E-state index in [4.69, 9.17) is 24.3 Å². The first-order valence-corrected chi connectivity index (χ1v) is 20.0. The summed E-state index contributed by atoms with van der Waals surface area (Å²) < 4.78 is 32.6. The molecule has 0 amide bonds. The zero-order chi connectivity index (χ0) is 33.3. The average Bonchev–Trinajstić information content (AvgIpc) is 3.02. The molecule has 2 atom stereocenters. The van der Waals surface area contributed by atoms with Gasteiger partial charge in [0.15, 0.2) is 6.10 Å². The summed E-state index contributed by atoms with van der Waals surface area (Å²) in [4.78, 5) is 34.6. The number of ether oxygens (including phenoxy) is 2. The normalized spacial score (nSPS) is 13.4. The molecule has 0 spiro atoms. The summed E-state index contributed by atoms with van der Waals surface area (Å²) in [6.45, 7) is 3.72. The molecular formula is C35H70NO8P. The molecule has 0 aliphatic rings. The Morgan fingerprint density at radius 1 is 0.578 bits per heavy atom. The minimum absolute atomic E-state index is 0.0576. The third-order valence-corrected chi connectivity index (χ3v) is 8.98. The number of nitrogens with two attached hydrogens (primary N) is 1. The molecule has 45 heavy (non-hydrogen) atoms. The molecule has 9 nitrogen and oxygen atoms in total. The molecule has 3 N–H and O–H groups in total. The minimum Gasteiger partial charge on any atom is -0.462 e. The quantitative estimate of drug-likeness (QED) is 0.0386. The van der Waals surface area contributed by atoms with Crippen LogP contribution in [0.5, 0.6) is 0 Å². The standard InChI is InChI=1S/C35H70NO8P/c1-3-5-7-9-11-13-15-16-17-18-20-22-24-26-28-35(38)44-33(32-43-45(39,40)42-30-29-36)31-41-34(37)27-25-23-21-19-14-12-10-8-6-4-2/h33H,3-32,36H2,1-2H3,(H,39,40)/t33-/m1/s1. The summed E-state index contributed by atoms with van der Waals surface area (Å²) in [6, 6.07) is 0. The van der Waals surface area contributed by atoms with E-state index in [2.05, 4.69) is 13.8 Å². The maximum absolute atomic E-state index is 12.5. The van der Waals surface area contributed by atoms with E-state index in [0.717, 1.165) is 32.1 Å². The van der Waals surface area contributed by atoms with Crippen molar-refractivity contribution in [1.82, 2.24) is 0 Å². The first kappa shape index (κ1) is 44.0. The minimum atomic E-state index is -4.36. The van der Waals surface area contributed by atoms with Crippen molar-refractivity contribution in [2.24, 2.45) is 5.73 Å². The lowest BCUT2D eigenvalue weighted by molar-refractivity contribution is -0.161. The molecule has 0 saturated heterocycles. The monoisotopic (exact) mass is 663 g/mol. The van der Waals surface area contributed by atoms with Crippen molar-refractivity contribution in [1.29, 1.82) is 0 Å². The number of carbonyl (C=O) groups is 2. The Morgan fingerprint density at radius 3 is 1.36 bits per heavy atom. The van der Waals surface area contributed by atoms with Crippen molar-refractivity contribution >= 4 is 19.8 Å². The van der Waals surface area contributed by atoms with Crippen molar-refractivity contribution in [2.45, 2.75) is 187 Å². The highest BCUT2D eigenvalue weighted by atomic mass is 31.2. The van der Waals surface area contributed by atoms with Crippen molar-refractivity contribution in [2.75, 3.05) is 26.4 Å². The van der Waals surface area contributed by atoms with E-state index < -0.39 is 26.5 Å². The molecule has 10 heteroatoms. The fourth-order valence-electron chi connectivity index (χ4n) is 5.22. The molecule has 268 valence electrons. The predicted octanol–water partition coefficient (Wildman–Crippen LogP) is 9.72. The molecule has 1 unspecified atom stereocenters. The summed E-state index contributed by atoms with van der Waals surface area (Å²) in [5.41, 5.74) is 5.32. The SMILES string of the molecule is CCCCCCCCCCCCCCCCC(=O)O[C@H](COC(=O)CCCCCCCCCCCC)COP(=O)(O)OCCN. The van der Waals surface area contributed by atoms with Crippen LogP contribution >= 0.6 is 7.82 Å². The van der Waals surface area contributed by atoms with E-state index in [9.17, 15) is 19.0 Å². The summed E-state index contributed by atoms with van der Waals surface area (Å²) in [5.74, 6) is -0.821. The molecule has 0 aliphatic carbocycles. The van der Waals surface area contributed by atoms with Gasteiger partial charge in [-0.2, -0.15) is 0 Å². The van der Waals surface area contributed by atoms with Crippen molar-refractivity contribution in [3.63, 3.8) is 0 Å². The van der Waals surface area contributed by atoms with Crippen LogP contribution in [0.3, 0.4) is 0 Å². The second kappa shape index (κ2) is 32.9. The molecule has 0 bridgehead atoms. The van der Waals surface area contributed by atoms with E-state index in [1.807, 2.05) is 0 Å². The predicted molar refractivity (Wildman–Crippen MR) is 183 cm³/mol. The molecule has 0 rings (SSSR count). The van der Waals surface area contributed by atoms with Gasteiger partial charge in [-0.1, -0.05) is 155 Å². The number of phosphoric acid groups is 1. The lowest BCUT2D eigenvalue weighted by atomic mass is 10.0. The number of hydrogen-bond donors (Lipinski definition) is 2. The van der Waals surface area contributed by atoms with Crippen LogP contribution in [0.2, 0.25) is 0 Å². The van der Waals surface area contributed by atoms with Gasteiger partial charge in [-0.05, 0) is 12.8 Å². The maximum Gasteiger partial charge on any atom is 0.472 e. The zero-order valence-electron chi connectivity index (χ0n) is 29.1. The van der Waals surface area contributed by atoms with Gasteiger partial charge in [-0.3, -0.25) is 18.6 Å². The Balaban J connectivity index is 4.20. The molecule has 0 heterocycles. The van der Waals surface area contributed by atoms with Gasteiger partial charge in [-0.25, -0.2) is 4.57 Å². The average molecular weight is 664 g/mol. The van der Waals surface area contributed by atoms with Gasteiger partial charge in [0, 0.05) is 19.4 Å². The number of hydrogen-bond acceptors (Lipinski definition) is 8. The maximum atomic E-state index is 12.5. The Morgan fingerprint density at radius 2 is 0.956 bits per heavy atom. The van der Waals surface area contributed by atoms with Crippen LogP contribution in [0.15, 0.2) is 0 Å². The molecule has 0 aromatic heterocycles. The highest BCUT2D eigenvalue weighted by Crippen LogP contribution is 2.43. The largest absolute Gasteiger partial charge is 0.472 e. The fraction of sp³-hybridized carbons (Fsp3) is 0.943. The first-order chi connectivity index (χ1) is 21.8. The van der Waals surface area contributed by atoms with Gasteiger partial charge in [0.25, 0.3) is 0 Å². The van der Waals surface area contributed by atoms with E-state index >= 15 is 0 Å². The van der Waals surface area contributed by atoms with E-state index in [1.54, 1.807) is 0 Å². The van der Waals surface area contributed by atoms with Gasteiger partial charge >= 0.3 is 19.8 Å². The molecule has 0 fully saturated rings.